The van der Waals surface area contributed by atoms with E-state index in [1.54, 1.807) is 0 Å². The number of aromatic nitrogens is 4. The topological polar surface area (TPSA) is 260 Å². The molecule has 0 aliphatic heterocycles. The van der Waals surface area contributed by atoms with Crippen LogP contribution in [-0.2, 0) is 24.0 Å². The molecule has 0 aromatic carbocycles. The molecule has 3 rings (SSSR count). The number of carboxylic acid groups (broad SMARTS) is 2. The average molecular weight is 697 g/mol. The van der Waals surface area contributed by atoms with E-state index in [1.807, 2.05) is 0 Å². The Morgan fingerprint density at radius 3 is 1.96 bits per heavy atom. The normalized spacial score (nSPS) is 18.7. The van der Waals surface area contributed by atoms with Crippen molar-refractivity contribution in [2.75, 3.05) is 25.7 Å². The smallest absolute Gasteiger partial charge is 0.327 e. The minimum Gasteiger partial charge on any atom is -0.502 e. The van der Waals surface area contributed by atoms with Crippen molar-refractivity contribution in [3.63, 3.8) is 0 Å². The fourth-order valence-electron chi connectivity index (χ4n) is 5.06. The van der Waals surface area contributed by atoms with Crippen molar-refractivity contribution in [2.24, 2.45) is 11.8 Å². The molecule has 1 fully saturated rings. The SMILES string of the molecule is COc1nc(O)cc(C(SC[C@H](NC(C)=O)C(=O)O)C2CCCC(C(SC[C@H](NC(C)=O)C(=O)O)c3ncc(O)c(OC)n3)C2=O)n1. The molecule has 1 saturated carbocycles. The Labute approximate surface area is 277 Å². The molecule has 1 aliphatic rings. The summed E-state index contributed by atoms with van der Waals surface area (Å²) in [5.74, 6) is -6.80. The average Bonchev–Trinajstić information content (AvgIpc) is 3.01. The van der Waals surface area contributed by atoms with Crippen LogP contribution in [0.3, 0.4) is 0 Å². The van der Waals surface area contributed by atoms with E-state index in [0.717, 1.165) is 29.7 Å². The number of methoxy groups -OCH3 is 2. The zero-order valence-electron chi connectivity index (χ0n) is 25.9. The highest BCUT2D eigenvalue weighted by atomic mass is 32.2. The van der Waals surface area contributed by atoms with E-state index in [1.165, 1.54) is 34.1 Å². The van der Waals surface area contributed by atoms with Gasteiger partial charge in [0.15, 0.2) is 5.75 Å². The second-order valence-electron chi connectivity index (χ2n) is 10.5. The monoisotopic (exact) mass is 696 g/mol. The van der Waals surface area contributed by atoms with Crippen molar-refractivity contribution in [3.8, 4) is 23.5 Å². The Bertz CT molecular complexity index is 1480. The number of hydrogen-bond donors (Lipinski definition) is 6. The Hall–Kier alpha value is -4.39. The van der Waals surface area contributed by atoms with E-state index < -0.39 is 64.1 Å². The number of thioether (sulfide) groups is 2. The number of ether oxygens (including phenoxy) is 2. The molecule has 2 aromatic heterocycles. The molecule has 256 valence electrons. The molecule has 0 radical (unpaired) electrons. The highest BCUT2D eigenvalue weighted by Crippen LogP contribution is 2.49. The van der Waals surface area contributed by atoms with Gasteiger partial charge in [0, 0.05) is 43.3 Å². The third kappa shape index (κ3) is 10.0. The molecule has 47 heavy (non-hydrogen) atoms. The number of Topliss-reactive ketones (excluding diaryl/α,β-unsaturated/α-hetero) is 1. The molecule has 6 N–H and O–H groups in total. The summed E-state index contributed by atoms with van der Waals surface area (Å²) < 4.78 is 10.2. The van der Waals surface area contributed by atoms with Gasteiger partial charge in [-0.3, -0.25) is 14.4 Å². The Morgan fingerprint density at radius 2 is 1.45 bits per heavy atom. The summed E-state index contributed by atoms with van der Waals surface area (Å²) in [6.07, 6.45) is 2.29. The molecule has 2 aromatic rings. The Morgan fingerprint density at radius 1 is 0.894 bits per heavy atom. The number of rotatable bonds is 16. The van der Waals surface area contributed by atoms with Gasteiger partial charge in [-0.1, -0.05) is 6.42 Å². The van der Waals surface area contributed by atoms with Gasteiger partial charge in [0.2, 0.25) is 17.7 Å². The standard InChI is InChI=1S/C28H36N6O11S2/c1-12(35)30-17(26(40)41)10-46-22(16-8-20(38)33-28(32-16)45-4)14-6-5-7-15(21(14)39)23(24-29-9-19(37)25(34-24)44-3)47-11-18(27(42)43)31-13(2)36/h8-9,14-15,17-18,22-23,37H,5-7,10-11H2,1-4H3,(H,30,35)(H,31,36)(H,40,41)(H,42,43)(H,32,33,38)/t14?,15?,17-,18-,22?,23?/m0/s1. The highest BCUT2D eigenvalue weighted by Gasteiger charge is 2.44. The molecule has 0 spiro atoms. The Balaban J connectivity index is 2.05. The van der Waals surface area contributed by atoms with Crippen LogP contribution in [0, 0.1) is 11.8 Å². The predicted octanol–water partition coefficient (Wildman–Crippen LogP) is 1.11. The first-order valence-corrected chi connectivity index (χ1v) is 16.3. The van der Waals surface area contributed by atoms with Crippen LogP contribution >= 0.6 is 23.5 Å². The van der Waals surface area contributed by atoms with Crippen LogP contribution < -0.4 is 20.1 Å². The molecule has 2 amide bonds. The van der Waals surface area contributed by atoms with Gasteiger partial charge >= 0.3 is 17.9 Å². The number of aliphatic carboxylic acids is 2. The fourth-order valence-corrected chi connectivity index (χ4v) is 7.87. The van der Waals surface area contributed by atoms with E-state index in [0.29, 0.717) is 19.3 Å². The van der Waals surface area contributed by atoms with E-state index >= 15 is 0 Å². The van der Waals surface area contributed by atoms with Gasteiger partial charge in [0.25, 0.3) is 5.88 Å². The van der Waals surface area contributed by atoms with Gasteiger partial charge in [-0.05, 0) is 12.8 Å². The van der Waals surface area contributed by atoms with Crippen molar-refractivity contribution in [1.29, 1.82) is 0 Å². The number of hydrogen-bond acceptors (Lipinski definition) is 15. The quantitative estimate of drug-likeness (QED) is 0.144. The highest BCUT2D eigenvalue weighted by molar-refractivity contribution is 7.99. The van der Waals surface area contributed by atoms with Gasteiger partial charge < -0.3 is 40.5 Å². The summed E-state index contributed by atoms with van der Waals surface area (Å²) in [4.78, 5) is 78.2. The fraction of sp³-hybridized carbons (Fsp3) is 0.536. The molecular formula is C28H36N6O11S2. The van der Waals surface area contributed by atoms with Crippen LogP contribution in [0.15, 0.2) is 12.3 Å². The maximum absolute atomic E-state index is 14.5. The number of aromatic hydroxyl groups is 2. The lowest BCUT2D eigenvalue weighted by Gasteiger charge is -2.36. The summed E-state index contributed by atoms with van der Waals surface area (Å²) >= 11 is 2.09. The lowest BCUT2D eigenvalue weighted by molar-refractivity contribution is -0.141. The van der Waals surface area contributed by atoms with Crippen molar-refractivity contribution in [3.05, 3.63) is 23.8 Å². The van der Waals surface area contributed by atoms with Crippen molar-refractivity contribution in [1.82, 2.24) is 30.6 Å². The number of carbonyl (C=O) groups excluding carboxylic acids is 3. The number of nitrogens with zero attached hydrogens (tertiary/aromatic N) is 4. The number of amides is 2. The van der Waals surface area contributed by atoms with Crippen molar-refractivity contribution >= 4 is 53.1 Å². The van der Waals surface area contributed by atoms with Crippen molar-refractivity contribution in [2.45, 2.75) is 55.7 Å². The maximum atomic E-state index is 14.5. The second kappa shape index (κ2) is 17.0. The number of ketones is 1. The van der Waals surface area contributed by atoms with Gasteiger partial charge in [-0.25, -0.2) is 14.6 Å². The van der Waals surface area contributed by atoms with Crippen LogP contribution in [0.1, 0.15) is 55.1 Å². The zero-order valence-corrected chi connectivity index (χ0v) is 27.5. The van der Waals surface area contributed by atoms with E-state index in [-0.39, 0.29) is 46.4 Å². The summed E-state index contributed by atoms with van der Waals surface area (Å²) in [5, 5.41) is 42.8. The van der Waals surface area contributed by atoms with Gasteiger partial charge in [0.1, 0.15) is 23.7 Å². The van der Waals surface area contributed by atoms with Gasteiger partial charge in [0.05, 0.1) is 36.6 Å². The van der Waals surface area contributed by atoms with Crippen LogP contribution in [0.5, 0.6) is 23.5 Å². The first-order valence-electron chi connectivity index (χ1n) is 14.2. The van der Waals surface area contributed by atoms with Crippen LogP contribution in [0.25, 0.3) is 0 Å². The third-order valence-electron chi connectivity index (χ3n) is 7.12. The molecule has 4 unspecified atom stereocenters. The van der Waals surface area contributed by atoms with Crippen LogP contribution in [0.2, 0.25) is 0 Å². The van der Waals surface area contributed by atoms with E-state index in [4.69, 9.17) is 9.47 Å². The minimum atomic E-state index is -1.30. The lowest BCUT2D eigenvalue weighted by Crippen LogP contribution is -2.42. The van der Waals surface area contributed by atoms with Gasteiger partial charge in [-0.2, -0.15) is 15.0 Å². The third-order valence-corrected chi connectivity index (χ3v) is 10.00. The summed E-state index contributed by atoms with van der Waals surface area (Å²) in [7, 11) is 2.57. The Kier molecular flexibility index (Phi) is 13.4. The van der Waals surface area contributed by atoms with Crippen LogP contribution in [-0.4, -0.2) is 108 Å². The molecule has 6 atom stereocenters. The molecule has 0 saturated heterocycles. The lowest BCUT2D eigenvalue weighted by atomic mass is 9.76. The summed E-state index contributed by atoms with van der Waals surface area (Å²) in [5.41, 5.74) is 0.189. The molecular weight excluding hydrogens is 660 g/mol. The molecule has 1 aliphatic carbocycles. The minimum absolute atomic E-state index is 0.0813. The molecule has 17 nitrogen and oxygen atoms in total. The van der Waals surface area contributed by atoms with Gasteiger partial charge in [-0.15, -0.1) is 23.5 Å². The number of nitrogens with one attached hydrogen (secondary N) is 2. The molecule has 2 heterocycles. The number of carbonyl (C=O) groups is 5. The van der Waals surface area contributed by atoms with E-state index in [9.17, 15) is 44.4 Å². The molecule has 0 bridgehead atoms. The van der Waals surface area contributed by atoms with E-state index in [2.05, 4.69) is 30.6 Å². The van der Waals surface area contributed by atoms with Crippen molar-refractivity contribution < 1.29 is 53.9 Å². The first-order chi connectivity index (χ1) is 22.2. The largest absolute Gasteiger partial charge is 0.502 e. The first kappa shape index (κ1) is 37.1. The molecule has 19 heteroatoms. The maximum Gasteiger partial charge on any atom is 0.327 e. The number of carboxylic acids is 2. The zero-order chi connectivity index (χ0) is 34.8. The summed E-state index contributed by atoms with van der Waals surface area (Å²) in [6, 6.07) is -1.53. The van der Waals surface area contributed by atoms with Crippen LogP contribution in [0.4, 0.5) is 0 Å². The predicted molar refractivity (Wildman–Crippen MR) is 167 cm³/mol. The summed E-state index contributed by atoms with van der Waals surface area (Å²) in [6.45, 7) is 2.36. The second-order valence-corrected chi connectivity index (χ2v) is 12.8.